The van der Waals surface area contributed by atoms with E-state index in [9.17, 15) is 19.2 Å². The molecule has 3 aromatic heterocycles. The van der Waals surface area contributed by atoms with Crippen LogP contribution in [0.1, 0.15) is 56.2 Å². The van der Waals surface area contributed by atoms with Crippen molar-refractivity contribution < 1.29 is 28.7 Å². The van der Waals surface area contributed by atoms with Crippen molar-refractivity contribution in [3.05, 3.63) is 83.5 Å². The second-order valence-corrected chi connectivity index (χ2v) is 9.48. The van der Waals surface area contributed by atoms with E-state index in [1.165, 1.54) is 28.9 Å². The van der Waals surface area contributed by atoms with E-state index in [1.54, 1.807) is 19.2 Å². The Labute approximate surface area is 223 Å². The zero-order chi connectivity index (χ0) is 27.5. The van der Waals surface area contributed by atoms with Gasteiger partial charge in [-0.3, -0.25) is 14.4 Å². The maximum atomic E-state index is 12.7. The highest BCUT2D eigenvalue weighted by atomic mass is 16.4. The van der Waals surface area contributed by atoms with Crippen molar-refractivity contribution in [2.24, 2.45) is 5.92 Å². The first-order chi connectivity index (χ1) is 18.8. The van der Waals surface area contributed by atoms with Crippen molar-refractivity contribution in [1.82, 2.24) is 25.3 Å². The standard InChI is InChI=1S/C28H27N5O6/c1-29-25(34)20(12-16-5-6-16)32-27(36)23-9-8-22(39-23)18-4-2-3-17(11-18)13-30-26(35)21-15-33-14-19(28(37)38)7-10-24(33)31-21/h2-4,7-11,14-16,20H,5-6,12-13H2,1H3,(H,29,34)(H,30,35)(H,32,36)(H,37,38)/t20-/m0/s1. The number of imidazole rings is 1. The van der Waals surface area contributed by atoms with Gasteiger partial charge in [-0.15, -0.1) is 0 Å². The summed E-state index contributed by atoms with van der Waals surface area (Å²) < 4.78 is 7.28. The van der Waals surface area contributed by atoms with E-state index in [1.807, 2.05) is 24.3 Å². The molecule has 0 aliphatic heterocycles. The van der Waals surface area contributed by atoms with Crippen molar-refractivity contribution >= 4 is 29.3 Å². The highest BCUT2D eigenvalue weighted by Crippen LogP contribution is 2.33. The van der Waals surface area contributed by atoms with Gasteiger partial charge < -0.3 is 29.9 Å². The summed E-state index contributed by atoms with van der Waals surface area (Å²) in [5, 5.41) is 17.3. The van der Waals surface area contributed by atoms with Gasteiger partial charge in [-0.1, -0.05) is 31.0 Å². The number of carboxylic acid groups (broad SMARTS) is 1. The van der Waals surface area contributed by atoms with E-state index in [0.29, 0.717) is 23.7 Å². The Kier molecular flexibility index (Phi) is 7.13. The third-order valence-corrected chi connectivity index (χ3v) is 6.56. The first-order valence-corrected chi connectivity index (χ1v) is 12.5. The number of fused-ring (bicyclic) bond motifs is 1. The largest absolute Gasteiger partial charge is 0.478 e. The molecular weight excluding hydrogens is 502 g/mol. The number of carbonyl (C=O) groups is 4. The normalized spacial score (nSPS) is 13.6. The number of amides is 3. The lowest BCUT2D eigenvalue weighted by molar-refractivity contribution is -0.122. The summed E-state index contributed by atoms with van der Waals surface area (Å²) in [4.78, 5) is 53.0. The number of nitrogens with one attached hydrogen (secondary N) is 3. The number of benzene rings is 1. The third-order valence-electron chi connectivity index (χ3n) is 6.56. The lowest BCUT2D eigenvalue weighted by Gasteiger charge is -2.16. The van der Waals surface area contributed by atoms with Crippen LogP contribution in [0.15, 0.2) is 65.3 Å². The molecule has 0 radical (unpaired) electrons. The minimum absolute atomic E-state index is 0.0896. The van der Waals surface area contributed by atoms with Crippen LogP contribution >= 0.6 is 0 Å². The van der Waals surface area contributed by atoms with Crippen LogP contribution in [0, 0.1) is 5.92 Å². The van der Waals surface area contributed by atoms with Crippen molar-refractivity contribution in [3.63, 3.8) is 0 Å². The van der Waals surface area contributed by atoms with Gasteiger partial charge in [0.05, 0.1) is 5.56 Å². The van der Waals surface area contributed by atoms with Gasteiger partial charge in [-0.25, -0.2) is 9.78 Å². The predicted molar refractivity (Wildman–Crippen MR) is 140 cm³/mol. The van der Waals surface area contributed by atoms with Gasteiger partial charge in [-0.2, -0.15) is 0 Å². The number of aromatic nitrogens is 2. The Balaban J connectivity index is 1.22. The van der Waals surface area contributed by atoms with E-state index in [4.69, 9.17) is 9.52 Å². The van der Waals surface area contributed by atoms with E-state index in [-0.39, 0.29) is 29.5 Å². The lowest BCUT2D eigenvalue weighted by atomic mass is 10.1. The first kappa shape index (κ1) is 25.7. The molecule has 1 saturated carbocycles. The molecule has 39 heavy (non-hydrogen) atoms. The summed E-state index contributed by atoms with van der Waals surface area (Å²) >= 11 is 0. The number of aromatic carboxylic acids is 1. The number of carbonyl (C=O) groups excluding carboxylic acids is 3. The average molecular weight is 530 g/mol. The maximum absolute atomic E-state index is 12.7. The Morgan fingerprint density at radius 2 is 1.90 bits per heavy atom. The molecule has 200 valence electrons. The summed E-state index contributed by atoms with van der Waals surface area (Å²) in [5.74, 6) is -1.13. The van der Waals surface area contributed by atoms with Crippen LogP contribution in [-0.4, -0.2) is 51.3 Å². The molecule has 0 spiro atoms. The van der Waals surface area contributed by atoms with Crippen molar-refractivity contribution in [2.45, 2.75) is 31.8 Å². The smallest absolute Gasteiger partial charge is 0.337 e. The zero-order valence-corrected chi connectivity index (χ0v) is 21.1. The fraction of sp³-hybridized carbons (Fsp3) is 0.250. The number of rotatable bonds is 10. The summed E-state index contributed by atoms with van der Waals surface area (Å²) in [7, 11) is 1.54. The molecule has 11 heteroatoms. The summed E-state index contributed by atoms with van der Waals surface area (Å²) in [5.41, 5.74) is 2.22. The monoisotopic (exact) mass is 529 g/mol. The summed E-state index contributed by atoms with van der Waals surface area (Å²) in [6.45, 7) is 0.212. The second kappa shape index (κ2) is 10.8. The Bertz CT molecular complexity index is 1570. The Morgan fingerprint density at radius 3 is 2.64 bits per heavy atom. The molecule has 4 N–H and O–H groups in total. The molecule has 1 fully saturated rings. The molecule has 3 heterocycles. The highest BCUT2D eigenvalue weighted by Gasteiger charge is 2.30. The second-order valence-electron chi connectivity index (χ2n) is 9.48. The number of nitrogens with zero attached hydrogens (tertiary/aromatic N) is 2. The van der Waals surface area contributed by atoms with Crippen molar-refractivity contribution in [1.29, 1.82) is 0 Å². The minimum atomic E-state index is -1.07. The molecule has 3 amide bonds. The average Bonchev–Trinajstić information content (AvgIpc) is 3.44. The van der Waals surface area contributed by atoms with Crippen molar-refractivity contribution in [2.75, 3.05) is 7.05 Å². The topological polar surface area (TPSA) is 155 Å². The third kappa shape index (κ3) is 5.98. The summed E-state index contributed by atoms with van der Waals surface area (Å²) in [6.07, 6.45) is 5.61. The van der Waals surface area contributed by atoms with Crippen LogP contribution in [0.5, 0.6) is 0 Å². The predicted octanol–water partition coefficient (Wildman–Crippen LogP) is 2.87. The van der Waals surface area contributed by atoms with E-state index in [2.05, 4.69) is 20.9 Å². The van der Waals surface area contributed by atoms with Gasteiger partial charge >= 0.3 is 5.97 Å². The van der Waals surface area contributed by atoms with Gasteiger partial charge in [0.1, 0.15) is 23.1 Å². The van der Waals surface area contributed by atoms with Gasteiger partial charge in [-0.05, 0) is 48.2 Å². The molecule has 0 unspecified atom stereocenters. The molecule has 4 aromatic rings. The molecule has 1 aromatic carbocycles. The number of carboxylic acids is 1. The quantitative estimate of drug-likeness (QED) is 0.246. The molecular formula is C28H27N5O6. The molecule has 1 aliphatic carbocycles. The molecule has 5 rings (SSSR count). The van der Waals surface area contributed by atoms with E-state index < -0.39 is 23.8 Å². The minimum Gasteiger partial charge on any atom is -0.478 e. The molecule has 0 bridgehead atoms. The van der Waals surface area contributed by atoms with Crippen LogP contribution in [0.2, 0.25) is 0 Å². The van der Waals surface area contributed by atoms with E-state index in [0.717, 1.165) is 24.0 Å². The highest BCUT2D eigenvalue weighted by molar-refractivity contribution is 5.96. The molecule has 1 aliphatic rings. The van der Waals surface area contributed by atoms with Gasteiger partial charge in [0.25, 0.3) is 11.8 Å². The van der Waals surface area contributed by atoms with E-state index >= 15 is 0 Å². The number of likely N-dealkylation sites (N-methyl/N-ethyl adjacent to an activating group) is 1. The van der Waals surface area contributed by atoms with Crippen LogP contribution in [0.25, 0.3) is 17.0 Å². The van der Waals surface area contributed by atoms with Crippen molar-refractivity contribution in [3.8, 4) is 11.3 Å². The van der Waals surface area contributed by atoms with Gasteiger partial charge in [0.15, 0.2) is 5.76 Å². The maximum Gasteiger partial charge on any atom is 0.337 e. The fourth-order valence-electron chi connectivity index (χ4n) is 4.27. The lowest BCUT2D eigenvalue weighted by Crippen LogP contribution is -2.45. The first-order valence-electron chi connectivity index (χ1n) is 12.5. The Hall–Kier alpha value is -4.93. The number of pyridine rings is 1. The van der Waals surface area contributed by atoms with Crippen LogP contribution in [0.3, 0.4) is 0 Å². The van der Waals surface area contributed by atoms with Gasteiger partial charge in [0, 0.05) is 31.5 Å². The molecule has 11 nitrogen and oxygen atoms in total. The fourth-order valence-corrected chi connectivity index (χ4v) is 4.27. The molecule has 1 atom stereocenters. The Morgan fingerprint density at radius 1 is 1.08 bits per heavy atom. The zero-order valence-electron chi connectivity index (χ0n) is 21.1. The number of hydrogen-bond donors (Lipinski definition) is 4. The van der Waals surface area contributed by atoms with Crippen LogP contribution < -0.4 is 16.0 Å². The van der Waals surface area contributed by atoms with Crippen LogP contribution in [-0.2, 0) is 11.3 Å². The van der Waals surface area contributed by atoms with Gasteiger partial charge in [0.2, 0.25) is 5.91 Å². The SMILES string of the molecule is CNC(=O)[C@H](CC1CC1)NC(=O)c1ccc(-c2cccc(CNC(=O)c3cn4cc(C(=O)O)ccc4n3)c2)o1. The molecule has 0 saturated heterocycles. The number of hydrogen-bond acceptors (Lipinski definition) is 6. The summed E-state index contributed by atoms with van der Waals surface area (Å²) in [6, 6.07) is 12.9. The number of furan rings is 1. The van der Waals surface area contributed by atoms with Crippen LogP contribution in [0.4, 0.5) is 0 Å².